The van der Waals surface area contributed by atoms with Crippen LogP contribution in [0.4, 0.5) is 0 Å². The van der Waals surface area contributed by atoms with Gasteiger partial charge < -0.3 is 10.1 Å². The summed E-state index contributed by atoms with van der Waals surface area (Å²) in [5.41, 5.74) is 2.64. The van der Waals surface area contributed by atoms with Gasteiger partial charge in [0.15, 0.2) is 0 Å². The third kappa shape index (κ3) is 3.42. The summed E-state index contributed by atoms with van der Waals surface area (Å²) in [4.78, 5) is 0. The summed E-state index contributed by atoms with van der Waals surface area (Å²) in [6.45, 7) is 6.61. The molecule has 1 aliphatic heterocycles. The van der Waals surface area contributed by atoms with Crippen LogP contribution in [0.2, 0.25) is 0 Å². The van der Waals surface area contributed by atoms with Crippen LogP contribution in [0.3, 0.4) is 0 Å². The monoisotopic (exact) mass is 287 g/mol. The Morgan fingerprint density at radius 2 is 2.00 bits per heavy atom. The predicted molar refractivity (Wildman–Crippen MR) is 87.8 cm³/mol. The fourth-order valence-corrected chi connectivity index (χ4v) is 3.97. The highest BCUT2D eigenvalue weighted by Gasteiger charge is 2.25. The average molecular weight is 287 g/mol. The van der Waals surface area contributed by atoms with Crippen molar-refractivity contribution in [2.75, 3.05) is 13.2 Å². The van der Waals surface area contributed by atoms with Crippen LogP contribution in [0, 0.1) is 18.8 Å². The van der Waals surface area contributed by atoms with Crippen LogP contribution in [0.5, 0.6) is 5.75 Å². The summed E-state index contributed by atoms with van der Waals surface area (Å²) < 4.78 is 5.98. The molecule has 3 rings (SSSR count). The molecular formula is C19H29NO. The van der Waals surface area contributed by atoms with Gasteiger partial charge in [0.1, 0.15) is 5.75 Å². The lowest BCUT2D eigenvalue weighted by Crippen LogP contribution is -2.32. The summed E-state index contributed by atoms with van der Waals surface area (Å²) >= 11 is 0. The molecule has 1 fully saturated rings. The molecule has 1 heterocycles. The summed E-state index contributed by atoms with van der Waals surface area (Å²) in [5, 5.41) is 3.87. The highest BCUT2D eigenvalue weighted by molar-refractivity contribution is 5.43. The number of benzene rings is 1. The van der Waals surface area contributed by atoms with Crippen LogP contribution in [-0.2, 0) is 0 Å². The second-order valence-electron chi connectivity index (χ2n) is 6.97. The van der Waals surface area contributed by atoms with Gasteiger partial charge in [-0.3, -0.25) is 0 Å². The second kappa shape index (κ2) is 6.83. The van der Waals surface area contributed by atoms with Crippen LogP contribution in [0.15, 0.2) is 18.2 Å². The van der Waals surface area contributed by atoms with Crippen molar-refractivity contribution in [2.24, 2.45) is 11.8 Å². The van der Waals surface area contributed by atoms with E-state index in [4.69, 9.17) is 4.74 Å². The molecule has 0 spiro atoms. The molecule has 2 aliphatic rings. The highest BCUT2D eigenvalue weighted by Crippen LogP contribution is 2.35. The lowest BCUT2D eigenvalue weighted by Gasteiger charge is -2.31. The van der Waals surface area contributed by atoms with Crippen LogP contribution in [0.25, 0.3) is 0 Å². The second-order valence-corrected chi connectivity index (χ2v) is 6.97. The van der Waals surface area contributed by atoms with E-state index < -0.39 is 0 Å². The highest BCUT2D eigenvalue weighted by atomic mass is 16.5. The molecule has 0 radical (unpaired) electrons. The van der Waals surface area contributed by atoms with Gasteiger partial charge in [0.25, 0.3) is 0 Å². The zero-order valence-electron chi connectivity index (χ0n) is 13.5. The molecule has 0 aromatic heterocycles. The lowest BCUT2D eigenvalue weighted by molar-refractivity contribution is 0.239. The molecule has 3 unspecified atom stereocenters. The fraction of sp³-hybridized carbons (Fsp3) is 0.684. The first kappa shape index (κ1) is 14.9. The van der Waals surface area contributed by atoms with E-state index in [0.29, 0.717) is 6.04 Å². The van der Waals surface area contributed by atoms with Crippen molar-refractivity contribution in [1.29, 1.82) is 0 Å². The van der Waals surface area contributed by atoms with Crippen LogP contribution >= 0.6 is 0 Å². The Hall–Kier alpha value is -1.02. The third-order valence-electron chi connectivity index (χ3n) is 5.42. The molecule has 0 bridgehead atoms. The van der Waals surface area contributed by atoms with Gasteiger partial charge in [-0.1, -0.05) is 44.4 Å². The Bertz CT molecular complexity index is 471. The van der Waals surface area contributed by atoms with Crippen molar-refractivity contribution >= 4 is 0 Å². The summed E-state index contributed by atoms with van der Waals surface area (Å²) in [6, 6.07) is 7.04. The van der Waals surface area contributed by atoms with E-state index in [9.17, 15) is 0 Å². The fourth-order valence-electron chi connectivity index (χ4n) is 3.97. The van der Waals surface area contributed by atoms with Crippen molar-refractivity contribution in [2.45, 2.75) is 58.4 Å². The van der Waals surface area contributed by atoms with Crippen molar-refractivity contribution in [1.82, 2.24) is 5.32 Å². The molecule has 0 saturated heterocycles. The molecule has 116 valence electrons. The topological polar surface area (TPSA) is 21.3 Å². The number of fused-ring (bicyclic) bond motifs is 1. The Morgan fingerprint density at radius 1 is 1.14 bits per heavy atom. The van der Waals surface area contributed by atoms with E-state index in [1.807, 2.05) is 0 Å². The van der Waals surface area contributed by atoms with Gasteiger partial charge >= 0.3 is 0 Å². The maximum atomic E-state index is 5.98. The van der Waals surface area contributed by atoms with Gasteiger partial charge in [0.2, 0.25) is 0 Å². The first-order chi connectivity index (χ1) is 10.3. The van der Waals surface area contributed by atoms with Crippen molar-refractivity contribution in [3.63, 3.8) is 0 Å². The molecule has 1 N–H and O–H groups in total. The zero-order chi connectivity index (χ0) is 14.7. The Morgan fingerprint density at radius 3 is 2.86 bits per heavy atom. The summed E-state index contributed by atoms with van der Waals surface area (Å²) in [5.74, 6) is 2.87. The summed E-state index contributed by atoms with van der Waals surface area (Å²) in [6.07, 6.45) is 7.99. The molecule has 3 atom stereocenters. The lowest BCUT2D eigenvalue weighted by atomic mass is 9.80. The van der Waals surface area contributed by atoms with E-state index in [-0.39, 0.29) is 0 Å². The molecular weight excluding hydrogens is 258 g/mol. The minimum Gasteiger partial charge on any atom is -0.493 e. The molecule has 0 amide bonds. The number of hydrogen-bond donors (Lipinski definition) is 1. The van der Waals surface area contributed by atoms with Gasteiger partial charge in [-0.25, -0.2) is 0 Å². The Kier molecular flexibility index (Phi) is 4.84. The number of nitrogens with one attached hydrogen (secondary N) is 1. The van der Waals surface area contributed by atoms with Crippen LogP contribution in [0.1, 0.15) is 62.6 Å². The van der Waals surface area contributed by atoms with Crippen molar-refractivity contribution in [3.8, 4) is 5.75 Å². The predicted octanol–water partition coefficient (Wildman–Crippen LogP) is 4.62. The molecule has 1 aromatic rings. The van der Waals surface area contributed by atoms with Crippen LogP contribution < -0.4 is 10.1 Å². The van der Waals surface area contributed by atoms with Gasteiger partial charge in [-0.2, -0.15) is 0 Å². The number of para-hydroxylation sites is 1. The molecule has 1 aromatic carbocycles. The molecule has 1 saturated carbocycles. The zero-order valence-corrected chi connectivity index (χ0v) is 13.5. The molecule has 1 aliphatic carbocycles. The van der Waals surface area contributed by atoms with Crippen molar-refractivity contribution in [3.05, 3.63) is 29.3 Å². The number of ether oxygens (including phenoxy) is 1. The normalized spacial score (nSPS) is 29.3. The minimum atomic E-state index is 0.469. The smallest absolute Gasteiger partial charge is 0.126 e. The van der Waals surface area contributed by atoms with Gasteiger partial charge in [-0.15, -0.1) is 0 Å². The third-order valence-corrected chi connectivity index (χ3v) is 5.42. The van der Waals surface area contributed by atoms with E-state index in [1.54, 1.807) is 0 Å². The van der Waals surface area contributed by atoms with E-state index >= 15 is 0 Å². The first-order valence-electron chi connectivity index (χ1n) is 8.71. The standard InChI is InChI=1S/C19H29NO/c1-14-7-3-4-9-16(14)13-20-18-11-6-12-21-19-15(2)8-5-10-17(18)19/h5,8,10,14,16,18,20H,3-4,6-7,9,11-13H2,1-2H3. The van der Waals surface area contributed by atoms with Crippen molar-refractivity contribution < 1.29 is 4.74 Å². The number of hydrogen-bond acceptors (Lipinski definition) is 2. The maximum absolute atomic E-state index is 5.98. The average Bonchev–Trinajstić information content (AvgIpc) is 2.70. The maximum Gasteiger partial charge on any atom is 0.126 e. The Labute approximate surface area is 129 Å². The largest absolute Gasteiger partial charge is 0.493 e. The van der Waals surface area contributed by atoms with E-state index in [0.717, 1.165) is 30.6 Å². The van der Waals surface area contributed by atoms with E-state index in [2.05, 4.69) is 37.4 Å². The number of aryl methyl sites for hydroxylation is 1. The first-order valence-corrected chi connectivity index (χ1v) is 8.71. The van der Waals surface area contributed by atoms with Crippen LogP contribution in [-0.4, -0.2) is 13.2 Å². The molecule has 2 nitrogen and oxygen atoms in total. The number of rotatable bonds is 3. The SMILES string of the molecule is Cc1cccc2c1OCCCC2NCC1CCCCC1C. The molecule has 2 heteroatoms. The van der Waals surface area contributed by atoms with Gasteiger partial charge in [-0.05, 0) is 50.1 Å². The molecule has 21 heavy (non-hydrogen) atoms. The summed E-state index contributed by atoms with van der Waals surface area (Å²) in [7, 11) is 0. The van der Waals surface area contributed by atoms with Gasteiger partial charge in [0, 0.05) is 11.6 Å². The van der Waals surface area contributed by atoms with E-state index in [1.165, 1.54) is 49.8 Å². The minimum absolute atomic E-state index is 0.469. The Balaban J connectivity index is 1.69. The van der Waals surface area contributed by atoms with Gasteiger partial charge in [0.05, 0.1) is 6.61 Å². The quantitative estimate of drug-likeness (QED) is 0.875.